The van der Waals surface area contributed by atoms with Gasteiger partial charge in [-0.15, -0.1) is 0 Å². The maximum Gasteiger partial charge on any atom is 0.321 e. The number of methoxy groups -OCH3 is 1. The summed E-state index contributed by atoms with van der Waals surface area (Å²) >= 11 is 1.47. The first-order valence-electron chi connectivity index (χ1n) is 8.24. The van der Waals surface area contributed by atoms with Crippen LogP contribution in [0.3, 0.4) is 0 Å². The summed E-state index contributed by atoms with van der Waals surface area (Å²) in [6.07, 6.45) is 1.09. The van der Waals surface area contributed by atoms with Crippen LogP contribution in [0.15, 0.2) is 59.5 Å². The van der Waals surface area contributed by atoms with E-state index in [1.165, 1.54) is 11.8 Å². The van der Waals surface area contributed by atoms with Crippen LogP contribution in [0.5, 0.6) is 5.75 Å². The molecule has 0 atom stereocenters. The van der Waals surface area contributed by atoms with Crippen LogP contribution in [0.25, 0.3) is 0 Å². The number of nitrogens with one attached hydrogen (secondary N) is 1. The molecule has 0 aromatic heterocycles. The third kappa shape index (κ3) is 4.67. The van der Waals surface area contributed by atoms with Crippen LogP contribution in [0.1, 0.15) is 12.8 Å². The van der Waals surface area contributed by atoms with E-state index >= 15 is 0 Å². The van der Waals surface area contributed by atoms with Gasteiger partial charge in [-0.05, 0) is 36.4 Å². The van der Waals surface area contributed by atoms with Gasteiger partial charge < -0.3 is 20.1 Å². The van der Waals surface area contributed by atoms with Gasteiger partial charge in [0.1, 0.15) is 10.7 Å². The molecule has 0 aliphatic carbocycles. The van der Waals surface area contributed by atoms with Gasteiger partial charge >= 0.3 is 6.03 Å². The Kier molecular flexibility index (Phi) is 5.50. The normalized spacial score (nSPS) is 16.3. The summed E-state index contributed by atoms with van der Waals surface area (Å²) in [7, 11) is 1.61. The fourth-order valence-electron chi connectivity index (χ4n) is 2.75. The van der Waals surface area contributed by atoms with Crippen LogP contribution >= 0.6 is 11.8 Å². The Morgan fingerprint density at radius 3 is 2.36 bits per heavy atom. The minimum atomic E-state index is -0.821. The average Bonchev–Trinajstić information content (AvgIpc) is 2.63. The van der Waals surface area contributed by atoms with E-state index in [2.05, 4.69) is 5.32 Å². The molecule has 1 aliphatic rings. The van der Waals surface area contributed by atoms with Crippen LogP contribution in [-0.4, -0.2) is 41.2 Å². The van der Waals surface area contributed by atoms with Gasteiger partial charge in [0.05, 0.1) is 7.11 Å². The first kappa shape index (κ1) is 17.6. The van der Waals surface area contributed by atoms with E-state index in [4.69, 9.17) is 4.74 Å². The summed E-state index contributed by atoms with van der Waals surface area (Å²) in [5.41, 5.74) is 0.727. The highest BCUT2D eigenvalue weighted by atomic mass is 32.2. The zero-order valence-electron chi connectivity index (χ0n) is 14.1. The molecule has 2 N–H and O–H groups in total. The van der Waals surface area contributed by atoms with Crippen molar-refractivity contribution in [3.63, 3.8) is 0 Å². The summed E-state index contributed by atoms with van der Waals surface area (Å²) in [6, 6.07) is 17.0. The first-order valence-corrected chi connectivity index (χ1v) is 9.06. The fourth-order valence-corrected chi connectivity index (χ4v) is 3.86. The highest BCUT2D eigenvalue weighted by Crippen LogP contribution is 2.38. The molecule has 0 saturated carbocycles. The zero-order chi connectivity index (χ0) is 17.7. The largest absolute Gasteiger partial charge is 0.497 e. The number of ether oxygens (including phenoxy) is 1. The molecular formula is C19H22N2O3S. The number of amides is 2. The highest BCUT2D eigenvalue weighted by molar-refractivity contribution is 8.00. The third-order valence-electron chi connectivity index (χ3n) is 4.22. The lowest BCUT2D eigenvalue weighted by Crippen LogP contribution is -2.46. The molecule has 0 bridgehead atoms. The van der Waals surface area contributed by atoms with Gasteiger partial charge in [-0.1, -0.05) is 30.0 Å². The minimum absolute atomic E-state index is 0.142. The fraction of sp³-hybridized carbons (Fsp3) is 0.316. The van der Waals surface area contributed by atoms with Gasteiger partial charge in [-0.2, -0.15) is 0 Å². The molecule has 2 aromatic carbocycles. The molecule has 0 spiro atoms. The van der Waals surface area contributed by atoms with Crippen LogP contribution in [0, 0.1) is 0 Å². The third-order valence-corrected chi connectivity index (χ3v) is 5.52. The molecule has 25 heavy (non-hydrogen) atoms. The van der Waals surface area contributed by atoms with E-state index < -0.39 is 4.93 Å². The van der Waals surface area contributed by atoms with Gasteiger partial charge in [-0.25, -0.2) is 4.79 Å². The van der Waals surface area contributed by atoms with Gasteiger partial charge in [0, 0.05) is 36.5 Å². The van der Waals surface area contributed by atoms with Crippen molar-refractivity contribution in [3.05, 3.63) is 54.6 Å². The number of benzene rings is 2. The lowest BCUT2D eigenvalue weighted by molar-refractivity contribution is 0.0683. The number of carbonyl (C=O) groups is 1. The second-order valence-electron chi connectivity index (χ2n) is 6.01. The van der Waals surface area contributed by atoms with E-state index in [0.717, 1.165) is 16.3 Å². The van der Waals surface area contributed by atoms with Crippen molar-refractivity contribution in [1.29, 1.82) is 0 Å². The zero-order valence-corrected chi connectivity index (χ0v) is 15.0. The van der Waals surface area contributed by atoms with Crippen molar-refractivity contribution in [3.8, 4) is 5.75 Å². The topological polar surface area (TPSA) is 61.8 Å². The number of likely N-dealkylation sites (tertiary alicyclic amines) is 1. The van der Waals surface area contributed by atoms with Gasteiger partial charge in [0.2, 0.25) is 0 Å². The second kappa shape index (κ2) is 7.80. The van der Waals surface area contributed by atoms with E-state index in [-0.39, 0.29) is 6.03 Å². The SMILES string of the molecule is COc1ccc(NC(=O)N2CCC(O)(Sc3ccccc3)CC2)cc1. The molecule has 1 saturated heterocycles. The molecular weight excluding hydrogens is 336 g/mol. The van der Waals surface area contributed by atoms with Crippen LogP contribution in [-0.2, 0) is 0 Å². The summed E-state index contributed by atoms with van der Waals surface area (Å²) in [4.78, 5) is 14.3. The molecule has 0 unspecified atom stereocenters. The van der Waals surface area contributed by atoms with Crippen molar-refractivity contribution >= 4 is 23.5 Å². The van der Waals surface area contributed by atoms with E-state index in [1.807, 2.05) is 42.5 Å². The van der Waals surface area contributed by atoms with Crippen molar-refractivity contribution in [1.82, 2.24) is 4.90 Å². The van der Waals surface area contributed by atoms with Crippen LogP contribution in [0.2, 0.25) is 0 Å². The maximum absolute atomic E-state index is 12.4. The van der Waals surface area contributed by atoms with Crippen LogP contribution in [0.4, 0.5) is 10.5 Å². The Balaban J connectivity index is 1.53. The lowest BCUT2D eigenvalue weighted by atomic mass is 10.1. The van der Waals surface area contributed by atoms with Gasteiger partial charge in [0.25, 0.3) is 0 Å². The molecule has 132 valence electrons. The number of rotatable bonds is 4. The van der Waals surface area contributed by atoms with E-state index in [0.29, 0.717) is 25.9 Å². The number of piperidine rings is 1. The van der Waals surface area contributed by atoms with Crippen molar-refractivity contribution in [2.24, 2.45) is 0 Å². The molecule has 0 radical (unpaired) electrons. The Hall–Kier alpha value is -2.18. The average molecular weight is 358 g/mol. The number of hydrogen-bond donors (Lipinski definition) is 2. The molecule has 1 aliphatic heterocycles. The van der Waals surface area contributed by atoms with Gasteiger partial charge in [0.15, 0.2) is 0 Å². The monoisotopic (exact) mass is 358 g/mol. The number of thioether (sulfide) groups is 1. The Morgan fingerprint density at radius 2 is 1.76 bits per heavy atom. The Bertz CT molecular complexity index is 698. The number of anilines is 1. The predicted molar refractivity (Wildman–Crippen MR) is 100 cm³/mol. The Morgan fingerprint density at radius 1 is 1.12 bits per heavy atom. The predicted octanol–water partition coefficient (Wildman–Crippen LogP) is 3.80. The van der Waals surface area contributed by atoms with Crippen molar-refractivity contribution in [2.75, 3.05) is 25.5 Å². The summed E-state index contributed by atoms with van der Waals surface area (Å²) < 4.78 is 5.11. The first-order chi connectivity index (χ1) is 12.1. The summed E-state index contributed by atoms with van der Waals surface area (Å²) in [6.45, 7) is 1.05. The number of urea groups is 1. The highest BCUT2D eigenvalue weighted by Gasteiger charge is 2.34. The molecule has 2 amide bonds. The smallest absolute Gasteiger partial charge is 0.321 e. The van der Waals surface area contributed by atoms with Crippen LogP contribution < -0.4 is 10.1 Å². The molecule has 1 fully saturated rings. The molecule has 3 rings (SSSR count). The second-order valence-corrected chi connectivity index (χ2v) is 7.44. The van der Waals surface area contributed by atoms with Crippen molar-refractivity contribution in [2.45, 2.75) is 22.7 Å². The number of hydrogen-bond acceptors (Lipinski definition) is 4. The van der Waals surface area contributed by atoms with Gasteiger partial charge in [-0.3, -0.25) is 0 Å². The van der Waals surface area contributed by atoms with E-state index in [1.54, 1.807) is 24.1 Å². The molecule has 2 aromatic rings. The quantitative estimate of drug-likeness (QED) is 0.816. The molecule has 5 nitrogen and oxygen atoms in total. The standard InChI is InChI=1S/C19H22N2O3S/c1-24-16-9-7-15(8-10-16)20-18(22)21-13-11-19(23,12-14-21)25-17-5-3-2-4-6-17/h2-10,23H,11-14H2,1H3,(H,20,22). The number of carbonyl (C=O) groups excluding carboxylic acids is 1. The maximum atomic E-state index is 12.4. The number of aliphatic hydroxyl groups is 1. The Labute approximate surface area is 152 Å². The molecule has 1 heterocycles. The number of nitrogens with zero attached hydrogens (tertiary/aromatic N) is 1. The summed E-state index contributed by atoms with van der Waals surface area (Å²) in [5, 5.41) is 13.6. The van der Waals surface area contributed by atoms with E-state index in [9.17, 15) is 9.90 Å². The lowest BCUT2D eigenvalue weighted by Gasteiger charge is -2.37. The summed E-state index contributed by atoms with van der Waals surface area (Å²) in [5.74, 6) is 0.749. The minimum Gasteiger partial charge on any atom is -0.497 e. The molecule has 6 heteroatoms. The van der Waals surface area contributed by atoms with Crippen molar-refractivity contribution < 1.29 is 14.6 Å².